The minimum absolute atomic E-state index is 0.236. The van der Waals surface area contributed by atoms with Crippen LogP contribution in [0, 0.1) is 0 Å². The maximum absolute atomic E-state index is 5.23. The smallest absolute Gasteiger partial charge is 0.119 e. The molecule has 0 aliphatic rings. The van der Waals surface area contributed by atoms with Crippen molar-refractivity contribution >= 4 is 0 Å². The maximum Gasteiger partial charge on any atom is 0.119 e. The van der Waals surface area contributed by atoms with Crippen LogP contribution in [-0.4, -0.2) is 27.4 Å². The standard InChI is InChI=1S/C13H21NO2/c1-4-8-14-13(10-15-2)11-6-5-7-12(9-11)16-3/h5-7,9,13-14H,4,8,10H2,1-3H3. The van der Waals surface area contributed by atoms with Crippen molar-refractivity contribution in [1.82, 2.24) is 5.32 Å². The van der Waals surface area contributed by atoms with Crippen LogP contribution in [0.15, 0.2) is 24.3 Å². The lowest BCUT2D eigenvalue weighted by Gasteiger charge is -2.18. The van der Waals surface area contributed by atoms with E-state index in [1.54, 1.807) is 14.2 Å². The van der Waals surface area contributed by atoms with Crippen molar-refractivity contribution in [2.75, 3.05) is 27.4 Å². The third kappa shape index (κ3) is 3.83. The maximum atomic E-state index is 5.23. The molecule has 0 fully saturated rings. The molecular formula is C13H21NO2. The van der Waals surface area contributed by atoms with Gasteiger partial charge in [0.15, 0.2) is 0 Å². The normalized spacial score (nSPS) is 12.4. The number of benzene rings is 1. The van der Waals surface area contributed by atoms with Gasteiger partial charge >= 0.3 is 0 Å². The Kier molecular flexibility index (Phi) is 5.90. The van der Waals surface area contributed by atoms with Gasteiger partial charge in [0, 0.05) is 7.11 Å². The van der Waals surface area contributed by atoms with E-state index < -0.39 is 0 Å². The third-order valence-corrected chi connectivity index (χ3v) is 2.47. The van der Waals surface area contributed by atoms with Gasteiger partial charge in [0.25, 0.3) is 0 Å². The lowest BCUT2D eigenvalue weighted by molar-refractivity contribution is 0.167. The summed E-state index contributed by atoms with van der Waals surface area (Å²) in [6.07, 6.45) is 1.12. The van der Waals surface area contributed by atoms with Crippen LogP contribution in [0.3, 0.4) is 0 Å². The minimum atomic E-state index is 0.236. The van der Waals surface area contributed by atoms with E-state index in [4.69, 9.17) is 9.47 Å². The highest BCUT2D eigenvalue weighted by atomic mass is 16.5. The Morgan fingerprint density at radius 1 is 1.31 bits per heavy atom. The summed E-state index contributed by atoms with van der Waals surface area (Å²) in [6, 6.07) is 8.33. The van der Waals surface area contributed by atoms with Crippen LogP contribution in [0.25, 0.3) is 0 Å². The second-order valence-corrected chi connectivity index (χ2v) is 3.74. The molecule has 0 spiro atoms. The van der Waals surface area contributed by atoms with E-state index in [2.05, 4.69) is 18.3 Å². The van der Waals surface area contributed by atoms with Crippen LogP contribution < -0.4 is 10.1 Å². The molecule has 1 rings (SSSR count). The van der Waals surface area contributed by atoms with Crippen LogP contribution in [0.4, 0.5) is 0 Å². The zero-order valence-corrected chi connectivity index (χ0v) is 10.3. The van der Waals surface area contributed by atoms with Gasteiger partial charge in [-0.1, -0.05) is 19.1 Å². The number of rotatable bonds is 7. The summed E-state index contributed by atoms with van der Waals surface area (Å²) in [4.78, 5) is 0. The summed E-state index contributed by atoms with van der Waals surface area (Å²) in [5, 5.41) is 3.46. The fourth-order valence-corrected chi connectivity index (χ4v) is 1.62. The Balaban J connectivity index is 2.73. The minimum Gasteiger partial charge on any atom is -0.497 e. The molecule has 0 aliphatic carbocycles. The Hall–Kier alpha value is -1.06. The molecule has 1 unspecified atom stereocenters. The summed E-state index contributed by atoms with van der Waals surface area (Å²) in [5.74, 6) is 0.886. The van der Waals surface area contributed by atoms with E-state index in [9.17, 15) is 0 Å². The Bertz CT molecular complexity index is 302. The fraction of sp³-hybridized carbons (Fsp3) is 0.538. The van der Waals surface area contributed by atoms with Gasteiger partial charge in [-0.05, 0) is 30.7 Å². The number of hydrogen-bond donors (Lipinski definition) is 1. The van der Waals surface area contributed by atoms with E-state index in [0.29, 0.717) is 6.61 Å². The molecule has 0 radical (unpaired) electrons. The summed E-state index contributed by atoms with van der Waals surface area (Å²) in [6.45, 7) is 3.82. The molecule has 0 aromatic heterocycles. The highest BCUT2D eigenvalue weighted by Gasteiger charge is 2.10. The number of ether oxygens (including phenoxy) is 2. The molecule has 1 aromatic rings. The summed E-state index contributed by atoms with van der Waals surface area (Å²) in [5.41, 5.74) is 1.20. The van der Waals surface area contributed by atoms with E-state index in [-0.39, 0.29) is 6.04 Å². The molecule has 1 atom stereocenters. The summed E-state index contributed by atoms with van der Waals surface area (Å²) in [7, 11) is 3.41. The van der Waals surface area contributed by atoms with E-state index >= 15 is 0 Å². The van der Waals surface area contributed by atoms with Gasteiger partial charge in [0.2, 0.25) is 0 Å². The molecule has 0 saturated carbocycles. The van der Waals surface area contributed by atoms with Crippen LogP contribution >= 0.6 is 0 Å². The van der Waals surface area contributed by atoms with Crippen molar-refractivity contribution < 1.29 is 9.47 Å². The predicted octanol–water partition coefficient (Wildman–Crippen LogP) is 2.38. The molecule has 90 valence electrons. The van der Waals surface area contributed by atoms with Crippen molar-refractivity contribution in [3.63, 3.8) is 0 Å². The Morgan fingerprint density at radius 3 is 2.75 bits per heavy atom. The molecule has 0 saturated heterocycles. The third-order valence-electron chi connectivity index (χ3n) is 2.47. The van der Waals surface area contributed by atoms with Gasteiger partial charge in [0.05, 0.1) is 19.8 Å². The van der Waals surface area contributed by atoms with Gasteiger partial charge in [-0.2, -0.15) is 0 Å². The number of nitrogens with one attached hydrogen (secondary N) is 1. The quantitative estimate of drug-likeness (QED) is 0.770. The van der Waals surface area contributed by atoms with Crippen molar-refractivity contribution in [2.24, 2.45) is 0 Å². The second kappa shape index (κ2) is 7.25. The van der Waals surface area contributed by atoms with Gasteiger partial charge in [-0.25, -0.2) is 0 Å². The van der Waals surface area contributed by atoms with Gasteiger partial charge < -0.3 is 14.8 Å². The molecule has 1 aromatic carbocycles. The van der Waals surface area contributed by atoms with E-state index in [1.807, 2.05) is 18.2 Å². The molecule has 3 heteroatoms. The molecular weight excluding hydrogens is 202 g/mol. The fourth-order valence-electron chi connectivity index (χ4n) is 1.62. The van der Waals surface area contributed by atoms with Crippen molar-refractivity contribution in [3.05, 3.63) is 29.8 Å². The second-order valence-electron chi connectivity index (χ2n) is 3.74. The average molecular weight is 223 g/mol. The number of hydrogen-bond acceptors (Lipinski definition) is 3. The topological polar surface area (TPSA) is 30.5 Å². The SMILES string of the molecule is CCCNC(COC)c1cccc(OC)c1. The summed E-state index contributed by atoms with van der Waals surface area (Å²) >= 11 is 0. The molecule has 16 heavy (non-hydrogen) atoms. The molecule has 0 aliphatic heterocycles. The molecule has 0 bridgehead atoms. The van der Waals surface area contributed by atoms with Gasteiger partial charge in [-0.15, -0.1) is 0 Å². The zero-order chi connectivity index (χ0) is 11.8. The first kappa shape index (κ1) is 13.0. The van der Waals surface area contributed by atoms with Crippen LogP contribution in [0.1, 0.15) is 24.9 Å². The predicted molar refractivity (Wildman–Crippen MR) is 65.9 cm³/mol. The van der Waals surface area contributed by atoms with Crippen molar-refractivity contribution in [3.8, 4) is 5.75 Å². The first-order valence-corrected chi connectivity index (χ1v) is 5.68. The van der Waals surface area contributed by atoms with Crippen LogP contribution in [-0.2, 0) is 4.74 Å². The highest BCUT2D eigenvalue weighted by Crippen LogP contribution is 2.19. The lowest BCUT2D eigenvalue weighted by atomic mass is 10.1. The van der Waals surface area contributed by atoms with Gasteiger partial charge in [0.1, 0.15) is 5.75 Å². The van der Waals surface area contributed by atoms with Gasteiger partial charge in [-0.3, -0.25) is 0 Å². The Morgan fingerprint density at radius 2 is 2.12 bits per heavy atom. The number of methoxy groups -OCH3 is 2. The average Bonchev–Trinajstić information content (AvgIpc) is 2.34. The molecule has 0 amide bonds. The first-order chi connectivity index (χ1) is 7.81. The lowest BCUT2D eigenvalue weighted by Crippen LogP contribution is -2.25. The Labute approximate surface area is 97.8 Å². The summed E-state index contributed by atoms with van der Waals surface area (Å²) < 4.78 is 10.4. The zero-order valence-electron chi connectivity index (χ0n) is 10.3. The molecule has 0 heterocycles. The highest BCUT2D eigenvalue weighted by molar-refractivity contribution is 5.30. The van der Waals surface area contributed by atoms with Crippen LogP contribution in [0.2, 0.25) is 0 Å². The van der Waals surface area contributed by atoms with E-state index in [1.165, 1.54) is 5.56 Å². The van der Waals surface area contributed by atoms with Crippen LogP contribution in [0.5, 0.6) is 5.75 Å². The van der Waals surface area contributed by atoms with E-state index in [0.717, 1.165) is 18.7 Å². The van der Waals surface area contributed by atoms with Crippen molar-refractivity contribution in [2.45, 2.75) is 19.4 Å². The van der Waals surface area contributed by atoms with Crippen molar-refractivity contribution in [1.29, 1.82) is 0 Å². The largest absolute Gasteiger partial charge is 0.497 e. The molecule has 1 N–H and O–H groups in total. The first-order valence-electron chi connectivity index (χ1n) is 5.68. The molecule has 3 nitrogen and oxygen atoms in total. The monoisotopic (exact) mass is 223 g/mol.